The van der Waals surface area contributed by atoms with Crippen molar-refractivity contribution < 1.29 is 28.6 Å². The molecule has 3 rings (SSSR count). The van der Waals surface area contributed by atoms with Crippen LogP contribution in [0.5, 0.6) is 5.75 Å². The highest BCUT2D eigenvalue weighted by Crippen LogP contribution is 2.29. The van der Waals surface area contributed by atoms with Gasteiger partial charge in [-0.1, -0.05) is 0 Å². The lowest BCUT2D eigenvalue weighted by molar-refractivity contribution is -0.141. The van der Waals surface area contributed by atoms with Gasteiger partial charge in [-0.05, 0) is 31.0 Å². The van der Waals surface area contributed by atoms with Gasteiger partial charge in [0.15, 0.2) is 0 Å². The Morgan fingerprint density at radius 2 is 2.15 bits per heavy atom. The molecule has 0 radical (unpaired) electrons. The molecular weight excluding hydrogens is 357 g/mol. The first kappa shape index (κ1) is 19.1. The van der Waals surface area contributed by atoms with E-state index in [1.165, 1.54) is 24.1 Å². The number of amides is 3. The zero-order chi connectivity index (χ0) is 19.6. The van der Waals surface area contributed by atoms with E-state index in [2.05, 4.69) is 10.6 Å². The molecule has 1 saturated heterocycles. The Kier molecular flexibility index (Phi) is 5.59. The van der Waals surface area contributed by atoms with Crippen molar-refractivity contribution >= 4 is 17.7 Å². The summed E-state index contributed by atoms with van der Waals surface area (Å²) in [5.41, 5.74) is 0.0205. The summed E-state index contributed by atoms with van der Waals surface area (Å²) in [6, 6.07) is 2.95. The number of piperazine rings is 1. The van der Waals surface area contributed by atoms with Crippen LogP contribution in [-0.2, 0) is 9.59 Å². The minimum atomic E-state index is -0.902. The minimum Gasteiger partial charge on any atom is -0.496 e. The number of methoxy groups -OCH3 is 1. The topological polar surface area (TPSA) is 108 Å². The summed E-state index contributed by atoms with van der Waals surface area (Å²) in [6.07, 6.45) is -0.454. The van der Waals surface area contributed by atoms with Crippen LogP contribution < -0.4 is 15.4 Å². The predicted octanol–water partition coefficient (Wildman–Crippen LogP) is -0.338. The fourth-order valence-corrected chi connectivity index (χ4v) is 3.56. The molecule has 1 aromatic rings. The molecule has 1 aliphatic heterocycles. The molecule has 3 atom stereocenters. The maximum absolute atomic E-state index is 13.5. The van der Waals surface area contributed by atoms with Crippen LogP contribution in [0.3, 0.4) is 0 Å². The number of nitrogens with zero attached hydrogens (tertiary/aromatic N) is 1. The predicted molar refractivity (Wildman–Crippen MR) is 92.5 cm³/mol. The van der Waals surface area contributed by atoms with E-state index in [1.807, 2.05) is 0 Å². The first-order chi connectivity index (χ1) is 12.9. The molecule has 0 unspecified atom stereocenters. The largest absolute Gasteiger partial charge is 0.496 e. The Morgan fingerprint density at radius 1 is 1.37 bits per heavy atom. The zero-order valence-corrected chi connectivity index (χ0v) is 14.9. The third-order valence-electron chi connectivity index (χ3n) is 4.95. The molecule has 1 aliphatic carbocycles. The third-order valence-corrected chi connectivity index (χ3v) is 4.95. The summed E-state index contributed by atoms with van der Waals surface area (Å²) >= 11 is 0. The average Bonchev–Trinajstić information content (AvgIpc) is 3.01. The monoisotopic (exact) mass is 379 g/mol. The van der Waals surface area contributed by atoms with Gasteiger partial charge in [-0.3, -0.25) is 14.4 Å². The van der Waals surface area contributed by atoms with Gasteiger partial charge in [0.05, 0.1) is 31.4 Å². The number of benzene rings is 1. The minimum absolute atomic E-state index is 0.00292. The highest BCUT2D eigenvalue weighted by Gasteiger charge is 2.40. The van der Waals surface area contributed by atoms with Crippen LogP contribution in [0.1, 0.15) is 23.2 Å². The molecule has 146 valence electrons. The number of nitrogens with one attached hydrogen (secondary N) is 2. The maximum Gasteiger partial charge on any atom is 0.255 e. The van der Waals surface area contributed by atoms with Gasteiger partial charge in [0.2, 0.25) is 11.8 Å². The van der Waals surface area contributed by atoms with Crippen LogP contribution in [0.2, 0.25) is 0 Å². The summed E-state index contributed by atoms with van der Waals surface area (Å²) in [7, 11) is 1.37. The van der Waals surface area contributed by atoms with Crippen LogP contribution in [0, 0.1) is 11.7 Å². The average molecular weight is 379 g/mol. The molecule has 0 spiro atoms. The number of aliphatic hydroxyl groups is 1. The number of halogens is 1. The molecule has 2 fully saturated rings. The van der Waals surface area contributed by atoms with Gasteiger partial charge in [0.25, 0.3) is 5.91 Å². The van der Waals surface area contributed by atoms with Crippen LogP contribution in [0.15, 0.2) is 18.2 Å². The number of carbonyl (C=O) groups excluding carboxylic acids is 3. The van der Waals surface area contributed by atoms with Gasteiger partial charge in [-0.2, -0.15) is 0 Å². The van der Waals surface area contributed by atoms with Gasteiger partial charge in [-0.25, -0.2) is 4.39 Å². The second-order valence-electron chi connectivity index (χ2n) is 6.77. The van der Waals surface area contributed by atoms with Crippen molar-refractivity contribution in [2.75, 3.05) is 26.7 Å². The van der Waals surface area contributed by atoms with Crippen molar-refractivity contribution in [2.45, 2.75) is 25.0 Å². The van der Waals surface area contributed by atoms with E-state index in [4.69, 9.17) is 4.74 Å². The SMILES string of the molecule is COc1ccc(F)cc1C(=O)N[C@@H]1C[C@H](C(=O)N2CCNC(=O)C2)C[C@H]1O. The van der Waals surface area contributed by atoms with E-state index >= 15 is 0 Å². The molecule has 3 N–H and O–H groups in total. The number of carbonyl (C=O) groups is 3. The molecule has 0 bridgehead atoms. The van der Waals surface area contributed by atoms with Gasteiger partial charge < -0.3 is 25.4 Å². The number of hydrogen-bond acceptors (Lipinski definition) is 5. The molecule has 3 amide bonds. The van der Waals surface area contributed by atoms with Crippen LogP contribution in [-0.4, -0.2) is 66.6 Å². The summed E-state index contributed by atoms with van der Waals surface area (Å²) in [4.78, 5) is 38.0. The van der Waals surface area contributed by atoms with Crippen molar-refractivity contribution in [1.29, 1.82) is 0 Å². The standard InChI is InChI=1S/C18H22FN3O5/c1-27-15-3-2-11(19)8-12(15)17(25)21-13-6-10(7-14(13)23)18(26)22-5-4-20-16(24)9-22/h2-3,8,10,13-14,23H,4-7,9H2,1H3,(H,20,24)(H,21,25)/t10-,13+,14+/m0/s1. The Labute approximate surface area is 155 Å². The lowest BCUT2D eigenvalue weighted by atomic mass is 10.1. The second-order valence-corrected chi connectivity index (χ2v) is 6.77. The molecule has 0 aromatic heterocycles. The number of aliphatic hydroxyl groups excluding tert-OH is 1. The van der Waals surface area contributed by atoms with Gasteiger partial charge in [-0.15, -0.1) is 0 Å². The highest BCUT2D eigenvalue weighted by molar-refractivity contribution is 5.97. The number of rotatable bonds is 4. The van der Waals surface area contributed by atoms with E-state index in [9.17, 15) is 23.9 Å². The normalized spacial score (nSPS) is 25.1. The van der Waals surface area contributed by atoms with Crippen molar-refractivity contribution in [1.82, 2.24) is 15.5 Å². The van der Waals surface area contributed by atoms with Crippen molar-refractivity contribution in [3.63, 3.8) is 0 Å². The van der Waals surface area contributed by atoms with Gasteiger partial charge >= 0.3 is 0 Å². The maximum atomic E-state index is 13.5. The quantitative estimate of drug-likeness (QED) is 0.664. The Balaban J connectivity index is 1.65. The van der Waals surface area contributed by atoms with Crippen LogP contribution in [0.4, 0.5) is 4.39 Å². The fraction of sp³-hybridized carbons (Fsp3) is 0.500. The molecule has 2 aliphatic rings. The first-order valence-electron chi connectivity index (χ1n) is 8.77. The molecule has 1 heterocycles. The lowest BCUT2D eigenvalue weighted by Crippen LogP contribution is -2.51. The number of hydrogen-bond donors (Lipinski definition) is 3. The second kappa shape index (κ2) is 7.91. The zero-order valence-electron chi connectivity index (χ0n) is 14.9. The van der Waals surface area contributed by atoms with Crippen molar-refractivity contribution in [2.24, 2.45) is 5.92 Å². The summed E-state index contributed by atoms with van der Waals surface area (Å²) < 4.78 is 18.5. The van der Waals surface area contributed by atoms with E-state index < -0.39 is 29.8 Å². The first-order valence-corrected chi connectivity index (χ1v) is 8.77. The van der Waals surface area contributed by atoms with Gasteiger partial charge in [0.1, 0.15) is 11.6 Å². The van der Waals surface area contributed by atoms with Crippen molar-refractivity contribution in [3.05, 3.63) is 29.6 Å². The highest BCUT2D eigenvalue weighted by atomic mass is 19.1. The molecule has 1 aromatic carbocycles. The molecule has 1 saturated carbocycles. The van der Waals surface area contributed by atoms with E-state index in [1.54, 1.807) is 0 Å². The van der Waals surface area contributed by atoms with E-state index in [0.717, 1.165) is 6.07 Å². The van der Waals surface area contributed by atoms with E-state index in [-0.39, 0.29) is 42.5 Å². The molecular formula is C18H22FN3O5. The smallest absolute Gasteiger partial charge is 0.255 e. The Hall–Kier alpha value is -2.68. The molecule has 27 heavy (non-hydrogen) atoms. The third kappa shape index (κ3) is 4.19. The Bertz CT molecular complexity index is 757. The Morgan fingerprint density at radius 3 is 2.85 bits per heavy atom. The fourth-order valence-electron chi connectivity index (χ4n) is 3.56. The van der Waals surface area contributed by atoms with Gasteiger partial charge in [0, 0.05) is 19.0 Å². The number of ether oxygens (including phenoxy) is 1. The van der Waals surface area contributed by atoms with E-state index in [0.29, 0.717) is 13.1 Å². The summed E-state index contributed by atoms with van der Waals surface area (Å²) in [6.45, 7) is 0.830. The van der Waals surface area contributed by atoms with Crippen LogP contribution >= 0.6 is 0 Å². The van der Waals surface area contributed by atoms with Crippen LogP contribution in [0.25, 0.3) is 0 Å². The molecule has 9 heteroatoms. The lowest BCUT2D eigenvalue weighted by Gasteiger charge is -2.29. The van der Waals surface area contributed by atoms with Crippen molar-refractivity contribution in [3.8, 4) is 5.75 Å². The summed E-state index contributed by atoms with van der Waals surface area (Å²) in [5.74, 6) is -1.84. The summed E-state index contributed by atoms with van der Waals surface area (Å²) in [5, 5.41) is 15.6. The molecule has 8 nitrogen and oxygen atoms in total.